The van der Waals surface area contributed by atoms with Gasteiger partial charge in [0.05, 0.1) is 6.54 Å². The Labute approximate surface area is 68.3 Å². The fourth-order valence-electron chi connectivity index (χ4n) is 0.891. The highest BCUT2D eigenvalue weighted by Gasteiger charge is 2.17. The van der Waals surface area contributed by atoms with Crippen LogP contribution < -0.4 is 10.6 Å². The second-order valence-corrected chi connectivity index (χ2v) is 3.52. The van der Waals surface area contributed by atoms with Crippen molar-refractivity contribution in [3.05, 3.63) is 0 Å². The summed E-state index contributed by atoms with van der Waals surface area (Å²) in [7, 11) is 0. The molecule has 0 amide bonds. The van der Waals surface area contributed by atoms with Crippen LogP contribution in [0.4, 0.5) is 0 Å². The highest BCUT2D eigenvalue weighted by Crippen LogP contribution is 2.06. The van der Waals surface area contributed by atoms with Gasteiger partial charge in [0.25, 0.3) is 0 Å². The molecule has 64 valence electrons. The lowest BCUT2D eigenvalue weighted by Crippen LogP contribution is -2.47. The lowest BCUT2D eigenvalue weighted by atomic mass is 10.0. The maximum atomic E-state index is 4.26. The van der Waals surface area contributed by atoms with E-state index in [1.54, 1.807) is 0 Å². The lowest BCUT2D eigenvalue weighted by Gasteiger charge is -2.25. The van der Waals surface area contributed by atoms with Gasteiger partial charge < -0.3 is 10.6 Å². The van der Waals surface area contributed by atoms with Crippen LogP contribution in [0.15, 0.2) is 4.99 Å². The highest BCUT2D eigenvalue weighted by atomic mass is 15.2. The Bertz CT molecular complexity index is 161. The molecule has 0 atom stereocenters. The van der Waals surface area contributed by atoms with Crippen molar-refractivity contribution < 1.29 is 0 Å². The average Bonchev–Trinajstić information content (AvgIpc) is 2.39. The third-order valence-corrected chi connectivity index (χ3v) is 2.01. The maximum absolute atomic E-state index is 4.26. The van der Waals surface area contributed by atoms with Gasteiger partial charge in [0.1, 0.15) is 0 Å². The van der Waals surface area contributed by atoms with E-state index in [-0.39, 0.29) is 5.54 Å². The third-order valence-electron chi connectivity index (χ3n) is 2.01. The average molecular weight is 155 g/mol. The number of aliphatic imine (C=N–C) groups is 1. The molecule has 1 heterocycles. The monoisotopic (exact) mass is 155 g/mol. The van der Waals surface area contributed by atoms with Gasteiger partial charge in [0.15, 0.2) is 5.96 Å². The summed E-state index contributed by atoms with van der Waals surface area (Å²) in [6.07, 6.45) is 1.10. The van der Waals surface area contributed by atoms with Crippen LogP contribution in [0.1, 0.15) is 27.2 Å². The number of nitrogens with zero attached hydrogens (tertiary/aromatic N) is 1. The van der Waals surface area contributed by atoms with Crippen molar-refractivity contribution in [1.82, 2.24) is 10.6 Å². The molecular formula is C8H17N3. The molecule has 3 nitrogen and oxygen atoms in total. The molecule has 1 rings (SSSR count). The minimum absolute atomic E-state index is 0.163. The molecule has 0 aromatic heterocycles. The molecule has 1 aliphatic heterocycles. The van der Waals surface area contributed by atoms with E-state index in [2.05, 4.69) is 36.4 Å². The smallest absolute Gasteiger partial charge is 0.191 e. The summed E-state index contributed by atoms with van der Waals surface area (Å²) in [6.45, 7) is 8.40. The Morgan fingerprint density at radius 2 is 2.36 bits per heavy atom. The molecule has 0 saturated carbocycles. The lowest BCUT2D eigenvalue weighted by molar-refractivity contribution is 0.441. The molecule has 1 aliphatic rings. The fraction of sp³-hybridized carbons (Fsp3) is 0.875. The van der Waals surface area contributed by atoms with Crippen molar-refractivity contribution in [1.29, 1.82) is 0 Å². The molecule has 0 bridgehead atoms. The number of nitrogens with one attached hydrogen (secondary N) is 2. The van der Waals surface area contributed by atoms with E-state index >= 15 is 0 Å². The summed E-state index contributed by atoms with van der Waals surface area (Å²) in [5.41, 5.74) is 0.163. The van der Waals surface area contributed by atoms with Crippen molar-refractivity contribution in [3.63, 3.8) is 0 Å². The topological polar surface area (TPSA) is 36.4 Å². The third kappa shape index (κ3) is 2.41. The highest BCUT2D eigenvalue weighted by molar-refractivity contribution is 5.81. The van der Waals surface area contributed by atoms with Gasteiger partial charge in [-0.3, -0.25) is 4.99 Å². The summed E-state index contributed by atoms with van der Waals surface area (Å²) in [5.74, 6) is 0.955. The summed E-state index contributed by atoms with van der Waals surface area (Å²) in [6, 6.07) is 0. The molecule has 2 N–H and O–H groups in total. The normalized spacial score (nSPS) is 17.5. The van der Waals surface area contributed by atoms with Crippen LogP contribution in [-0.2, 0) is 0 Å². The van der Waals surface area contributed by atoms with Crippen molar-refractivity contribution in [3.8, 4) is 0 Å². The molecular weight excluding hydrogens is 138 g/mol. The Balaban J connectivity index is 2.40. The Morgan fingerprint density at radius 1 is 1.64 bits per heavy atom. The zero-order valence-electron chi connectivity index (χ0n) is 7.57. The Hall–Kier alpha value is -0.730. The van der Waals surface area contributed by atoms with Crippen molar-refractivity contribution in [2.24, 2.45) is 4.99 Å². The van der Waals surface area contributed by atoms with E-state index < -0.39 is 0 Å². The largest absolute Gasteiger partial charge is 0.355 e. The van der Waals surface area contributed by atoms with Gasteiger partial charge in [0, 0.05) is 12.1 Å². The van der Waals surface area contributed by atoms with E-state index in [9.17, 15) is 0 Å². The second-order valence-electron chi connectivity index (χ2n) is 3.52. The number of hydrogen-bond donors (Lipinski definition) is 2. The molecule has 0 unspecified atom stereocenters. The van der Waals surface area contributed by atoms with Gasteiger partial charge in [-0.05, 0) is 20.3 Å². The number of hydrogen-bond acceptors (Lipinski definition) is 3. The van der Waals surface area contributed by atoms with Gasteiger partial charge in [-0.15, -0.1) is 0 Å². The minimum atomic E-state index is 0.163. The minimum Gasteiger partial charge on any atom is -0.355 e. The summed E-state index contributed by atoms with van der Waals surface area (Å²) >= 11 is 0. The van der Waals surface area contributed by atoms with E-state index in [1.165, 1.54) is 0 Å². The quantitative estimate of drug-likeness (QED) is 0.616. The van der Waals surface area contributed by atoms with Crippen LogP contribution in [0.5, 0.6) is 0 Å². The van der Waals surface area contributed by atoms with Crippen molar-refractivity contribution in [2.75, 3.05) is 13.1 Å². The van der Waals surface area contributed by atoms with Gasteiger partial charge in [-0.2, -0.15) is 0 Å². The molecule has 0 aromatic rings. The summed E-state index contributed by atoms with van der Waals surface area (Å²) in [5, 5.41) is 6.53. The zero-order valence-corrected chi connectivity index (χ0v) is 7.57. The van der Waals surface area contributed by atoms with Gasteiger partial charge in [0.2, 0.25) is 0 Å². The molecule has 0 aromatic carbocycles. The molecule has 0 aliphatic carbocycles. The summed E-state index contributed by atoms with van der Waals surface area (Å²) < 4.78 is 0. The molecule has 0 radical (unpaired) electrons. The SMILES string of the molecule is CCC(C)(C)NC1=NCCN1. The van der Waals surface area contributed by atoms with Crippen LogP contribution in [0.2, 0.25) is 0 Å². The molecule has 0 spiro atoms. The first-order valence-electron chi connectivity index (χ1n) is 4.20. The van der Waals surface area contributed by atoms with E-state index in [1.807, 2.05) is 0 Å². The Kier molecular flexibility index (Phi) is 2.37. The maximum Gasteiger partial charge on any atom is 0.191 e. The molecule has 3 heteroatoms. The Morgan fingerprint density at radius 3 is 2.82 bits per heavy atom. The first-order valence-corrected chi connectivity index (χ1v) is 4.20. The van der Waals surface area contributed by atoms with Crippen LogP contribution in [0, 0.1) is 0 Å². The van der Waals surface area contributed by atoms with Gasteiger partial charge >= 0.3 is 0 Å². The van der Waals surface area contributed by atoms with Crippen LogP contribution in [0.25, 0.3) is 0 Å². The standard InChI is InChI=1S/C8H17N3/c1-4-8(2,3)11-7-9-5-6-10-7/h4-6H2,1-3H3,(H2,9,10,11). The van der Waals surface area contributed by atoms with E-state index in [4.69, 9.17) is 0 Å². The predicted molar refractivity (Wildman–Crippen MR) is 47.8 cm³/mol. The predicted octanol–water partition coefficient (Wildman–Crippen LogP) is 0.724. The molecule has 0 saturated heterocycles. The first kappa shape index (κ1) is 8.37. The van der Waals surface area contributed by atoms with Gasteiger partial charge in [-0.25, -0.2) is 0 Å². The van der Waals surface area contributed by atoms with Crippen molar-refractivity contribution in [2.45, 2.75) is 32.7 Å². The van der Waals surface area contributed by atoms with Crippen molar-refractivity contribution >= 4 is 5.96 Å². The van der Waals surface area contributed by atoms with E-state index in [0.717, 1.165) is 25.5 Å². The first-order chi connectivity index (χ1) is 5.14. The van der Waals surface area contributed by atoms with Crippen LogP contribution >= 0.6 is 0 Å². The van der Waals surface area contributed by atoms with Crippen LogP contribution in [-0.4, -0.2) is 24.6 Å². The molecule has 11 heavy (non-hydrogen) atoms. The molecule has 0 fully saturated rings. The summed E-state index contributed by atoms with van der Waals surface area (Å²) in [4.78, 5) is 4.26. The number of guanidine groups is 1. The van der Waals surface area contributed by atoms with E-state index in [0.29, 0.717) is 0 Å². The zero-order chi connectivity index (χ0) is 8.32. The van der Waals surface area contributed by atoms with Crippen LogP contribution in [0.3, 0.4) is 0 Å². The number of rotatable bonds is 2. The second kappa shape index (κ2) is 3.11. The fourth-order valence-corrected chi connectivity index (χ4v) is 0.891. The van der Waals surface area contributed by atoms with Gasteiger partial charge in [-0.1, -0.05) is 6.92 Å².